The Morgan fingerprint density at radius 2 is 0.338 bits per heavy atom. The lowest BCUT2D eigenvalue weighted by atomic mass is 10.0. The van der Waals surface area contributed by atoms with E-state index in [0.717, 1.165) is 129 Å². The Balaban J connectivity index is 1.26. The van der Waals surface area contributed by atoms with Gasteiger partial charge in [-0.3, -0.25) is 0 Å². The number of unbranched alkanes of at least 4 members (excludes halogenated alkanes) is 36. The van der Waals surface area contributed by atoms with Crippen LogP contribution in [0.25, 0.3) is 88.6 Å². The Kier molecular flexibility index (Phi) is 59.2. The van der Waals surface area contributed by atoms with Crippen molar-refractivity contribution in [2.24, 2.45) is 0 Å². The summed E-state index contributed by atoms with van der Waals surface area (Å²) >= 11 is 0. The van der Waals surface area contributed by atoms with Crippen LogP contribution >= 0.6 is 0 Å². The zero-order chi connectivity index (χ0) is 95.4. The van der Waals surface area contributed by atoms with Gasteiger partial charge in [-0.2, -0.15) is 0 Å². The molecule has 2 aliphatic rings. The third kappa shape index (κ3) is 42.5. The Morgan fingerprint density at radius 1 is 0.169 bits per heavy atom. The van der Waals surface area contributed by atoms with E-state index in [-0.39, 0.29) is 39.6 Å². The summed E-state index contributed by atoms with van der Waals surface area (Å²) in [6.45, 7) is 20.5. The second-order valence-electron chi connectivity index (χ2n) is 36.0. The summed E-state index contributed by atoms with van der Waals surface area (Å²) in [6.07, 6.45) is 49.0. The van der Waals surface area contributed by atoms with E-state index in [1.54, 1.807) is 28.4 Å². The number of nitrogens with one attached hydrogen (secondary N) is 2. The van der Waals surface area contributed by atoms with Gasteiger partial charge in [-0.05, 0) is 98.5 Å². The van der Waals surface area contributed by atoms with Crippen LogP contribution in [0.3, 0.4) is 0 Å². The number of rotatable bonds is 88. The number of benzene rings is 4. The number of aromatic nitrogens is 4. The zero-order valence-electron chi connectivity index (χ0n) is 85.1. The summed E-state index contributed by atoms with van der Waals surface area (Å²) in [7, 11) is 6.65. The van der Waals surface area contributed by atoms with Crippen molar-refractivity contribution in [2.75, 3.05) is 213 Å². The minimum absolute atomic E-state index is 0.212. The SMILES string of the molecule is CCCCCCCCCCCCOc1cc2c3cc4nc(cc5nc(cc6[nH]c(cc([nH]3)c2cc1OCCCCCCCCCCCC)c1cc(OCCCCCCCCCCCC)c(OCCCCCCCCCCCC)cc61)-c1cc(OCCOCCOCCOC)c(OCCOCCOCCOC)cc1-5)-c1cc(OCCOCCOCCOC)c(OCCOCCOCCOC)cc1-4. The van der Waals surface area contributed by atoms with Crippen LogP contribution in [0.2, 0.25) is 0 Å². The number of hydrogen-bond donors (Lipinski definition) is 2. The van der Waals surface area contributed by atoms with E-state index in [1.807, 2.05) is 24.3 Å². The monoisotopic (exact) mass is 1900 g/mol. The summed E-state index contributed by atoms with van der Waals surface area (Å²) < 4.78 is 124. The molecule has 0 amide bonds. The van der Waals surface area contributed by atoms with Crippen LogP contribution in [-0.2, 0) is 56.8 Å². The van der Waals surface area contributed by atoms with Crippen LogP contribution in [0.15, 0.2) is 72.8 Å². The van der Waals surface area contributed by atoms with Gasteiger partial charge in [-0.15, -0.1) is 0 Å². The number of methoxy groups -OCH3 is 4. The molecule has 0 saturated carbocycles. The van der Waals surface area contributed by atoms with Crippen molar-refractivity contribution < 1.29 is 94.7 Å². The highest BCUT2D eigenvalue weighted by molar-refractivity contribution is 6.13. The maximum absolute atomic E-state index is 7.08. The van der Waals surface area contributed by atoms with E-state index in [4.69, 9.17) is 105 Å². The van der Waals surface area contributed by atoms with Crippen LogP contribution in [0.1, 0.15) is 285 Å². The van der Waals surface area contributed by atoms with Crippen molar-refractivity contribution in [1.29, 1.82) is 0 Å². The van der Waals surface area contributed by atoms with Gasteiger partial charge in [0, 0.05) is 94.3 Å². The highest BCUT2D eigenvalue weighted by Crippen LogP contribution is 2.49. The number of ether oxygens (including phenoxy) is 20. The van der Waals surface area contributed by atoms with Crippen LogP contribution in [0.5, 0.6) is 46.0 Å². The molecule has 0 radical (unpaired) electrons. The molecule has 0 atom stereocenters. The summed E-state index contributed by atoms with van der Waals surface area (Å²) in [5.41, 5.74) is 9.17. The van der Waals surface area contributed by atoms with E-state index >= 15 is 0 Å². The minimum atomic E-state index is 0.212. The van der Waals surface area contributed by atoms with Crippen molar-refractivity contribution in [3.05, 3.63) is 72.8 Å². The largest absolute Gasteiger partial charge is 0.490 e. The van der Waals surface area contributed by atoms with Crippen LogP contribution < -0.4 is 37.9 Å². The molecule has 0 aliphatic carbocycles. The molecule has 24 heteroatoms. The quantitative estimate of drug-likeness (QED) is 0.0337. The minimum Gasteiger partial charge on any atom is -0.490 e. The molecule has 4 aromatic carbocycles. The first-order valence-corrected chi connectivity index (χ1v) is 53.0. The van der Waals surface area contributed by atoms with Gasteiger partial charge in [0.2, 0.25) is 0 Å². The number of H-pyrrole nitrogens is 2. The van der Waals surface area contributed by atoms with Crippen molar-refractivity contribution in [3.8, 4) is 91.0 Å². The molecule has 3 aromatic heterocycles. The number of hydrogen-bond acceptors (Lipinski definition) is 22. The molecule has 0 fully saturated rings. The molecule has 762 valence electrons. The average Bonchev–Trinajstić information content (AvgIpc) is 1.59. The Bertz CT molecular complexity index is 4200. The standard InChI is InChI=1S/C112H174N4O20/c1-9-13-17-21-25-29-33-37-41-45-49-129-105-77-89-91(79-107(105)131-51-47-43-39-35-31-27-23-19-15-11-3)99-86-101-93-81-109(133-73-69-125-65-61-121-57-53-117-5)111(135-75-71-127-67-63-123-59-55-119-7)83-95(93)103(115-101)88-104-96-84-112(136-76-72-128-68-64-124-60-56-120-8)110(134-74-70-126-66-62-122-58-54-118-6)82-94(96)102(116-104)87-100-92-80-108(132-52-48-44-40-36-32-28-24-20-16-12-4)106(78-90(92)98(114-100)85-97(89)113-99)130-50-46-42-38-34-30-26-22-18-14-10-2/h77-88,113-114H,9-76H2,1-8H3. The first-order valence-electron chi connectivity index (χ1n) is 53.0. The van der Waals surface area contributed by atoms with Gasteiger partial charge in [0.1, 0.15) is 26.4 Å². The van der Waals surface area contributed by atoms with Crippen molar-refractivity contribution in [3.63, 3.8) is 0 Å². The molecule has 8 bridgehead atoms. The molecule has 0 unspecified atom stereocenters. The lowest BCUT2D eigenvalue weighted by molar-refractivity contribution is 0.0160. The summed E-state index contributed by atoms with van der Waals surface area (Å²) in [5.74, 6) is 4.87. The molecule has 9 rings (SSSR count). The van der Waals surface area contributed by atoms with Crippen LogP contribution in [0, 0.1) is 0 Å². The average molecular weight is 1900 g/mol. The van der Waals surface area contributed by atoms with Crippen molar-refractivity contribution in [2.45, 2.75) is 285 Å². The first-order chi connectivity index (χ1) is 67.3. The summed E-state index contributed by atoms with van der Waals surface area (Å²) in [6, 6.07) is 25.6. The predicted molar refractivity (Wildman–Crippen MR) is 550 cm³/mol. The highest BCUT2D eigenvalue weighted by atomic mass is 16.6. The highest BCUT2D eigenvalue weighted by Gasteiger charge is 2.28. The smallest absolute Gasteiger partial charge is 0.162 e. The fourth-order valence-corrected chi connectivity index (χ4v) is 17.2. The number of fused-ring (bicyclic) bond motifs is 20. The maximum Gasteiger partial charge on any atom is 0.162 e. The lowest BCUT2D eigenvalue weighted by Gasteiger charge is -2.16. The van der Waals surface area contributed by atoms with E-state index in [2.05, 4.69) is 86.2 Å². The lowest BCUT2D eigenvalue weighted by Crippen LogP contribution is -2.14. The second-order valence-corrected chi connectivity index (χ2v) is 36.0. The molecule has 24 nitrogen and oxygen atoms in total. The Hall–Kier alpha value is -7.56. The van der Waals surface area contributed by atoms with Crippen LogP contribution in [0.4, 0.5) is 0 Å². The van der Waals surface area contributed by atoms with Gasteiger partial charge < -0.3 is 105 Å². The van der Waals surface area contributed by atoms with Gasteiger partial charge in [-0.1, -0.05) is 259 Å². The van der Waals surface area contributed by atoms with Gasteiger partial charge in [-0.25, -0.2) is 9.97 Å². The zero-order valence-corrected chi connectivity index (χ0v) is 85.1. The van der Waals surface area contributed by atoms with Crippen molar-refractivity contribution >= 4 is 43.6 Å². The molecule has 136 heavy (non-hydrogen) atoms. The number of aromatic amines is 2. The third-order valence-electron chi connectivity index (χ3n) is 24.9. The van der Waals surface area contributed by atoms with E-state index in [1.165, 1.54) is 205 Å². The van der Waals surface area contributed by atoms with E-state index in [9.17, 15) is 0 Å². The molecule has 0 spiro atoms. The Labute approximate surface area is 815 Å². The van der Waals surface area contributed by atoms with Crippen LogP contribution in [-0.4, -0.2) is 233 Å². The molecule has 5 heterocycles. The number of nitrogens with zero attached hydrogens (tertiary/aromatic N) is 2. The van der Waals surface area contributed by atoms with E-state index in [0.29, 0.717) is 203 Å². The molecular weight excluding hydrogens is 1720 g/mol. The molecule has 2 N–H and O–H groups in total. The van der Waals surface area contributed by atoms with Gasteiger partial charge in [0.15, 0.2) is 46.0 Å². The Morgan fingerprint density at radius 3 is 0.551 bits per heavy atom. The van der Waals surface area contributed by atoms with Crippen molar-refractivity contribution in [1.82, 2.24) is 19.9 Å². The molecular formula is C112H174N4O20. The fraction of sp³-hybridized carbons (Fsp3) is 0.679. The summed E-state index contributed by atoms with van der Waals surface area (Å²) in [5, 5.41) is 3.79. The van der Waals surface area contributed by atoms with Gasteiger partial charge >= 0.3 is 0 Å². The normalized spacial score (nSPS) is 11.8. The second kappa shape index (κ2) is 71.8. The van der Waals surface area contributed by atoms with Gasteiger partial charge in [0.25, 0.3) is 0 Å². The van der Waals surface area contributed by atoms with E-state index < -0.39 is 0 Å². The topological polar surface area (TPSA) is 242 Å². The fourth-order valence-electron chi connectivity index (χ4n) is 17.2. The third-order valence-corrected chi connectivity index (χ3v) is 24.9. The predicted octanol–water partition coefficient (Wildman–Crippen LogP) is 26.7. The molecule has 7 aromatic rings. The maximum atomic E-state index is 7.08. The summed E-state index contributed by atoms with van der Waals surface area (Å²) in [4.78, 5) is 19.6. The molecule has 2 aliphatic heterocycles. The first kappa shape index (κ1) is 112. The van der Waals surface area contributed by atoms with Gasteiger partial charge in [0.05, 0.1) is 181 Å². The molecule has 0 saturated heterocycles.